The van der Waals surface area contributed by atoms with E-state index in [1.54, 1.807) is 0 Å². The molecule has 2 aromatic carbocycles. The maximum atomic E-state index is 12.1. The van der Waals surface area contributed by atoms with E-state index in [4.69, 9.17) is 16.3 Å². The number of thioether (sulfide) groups is 1. The number of carbonyl (C=O) groups is 1. The molecule has 184 valence electrons. The highest BCUT2D eigenvalue weighted by molar-refractivity contribution is 8.00. The molecule has 1 saturated heterocycles. The minimum absolute atomic E-state index is 0.00664. The Hall–Kier alpha value is -1.93. The van der Waals surface area contributed by atoms with Crippen LogP contribution in [0.3, 0.4) is 0 Å². The van der Waals surface area contributed by atoms with Gasteiger partial charge in [0.25, 0.3) is 0 Å². The zero-order valence-electron chi connectivity index (χ0n) is 19.7. The fraction of sp³-hybridized carbons (Fsp3) is 0.500. The fourth-order valence-corrected chi connectivity index (χ4v) is 6.01. The zero-order chi connectivity index (χ0) is 24.3. The summed E-state index contributed by atoms with van der Waals surface area (Å²) >= 11 is 7.28. The first-order valence-corrected chi connectivity index (χ1v) is 13.2. The van der Waals surface area contributed by atoms with Gasteiger partial charge < -0.3 is 25.2 Å². The average molecular weight is 505 g/mol. The van der Waals surface area contributed by atoms with Crippen LogP contribution in [0.4, 0.5) is 17.1 Å². The summed E-state index contributed by atoms with van der Waals surface area (Å²) in [4.78, 5) is 14.4. The molecule has 0 bridgehead atoms. The molecule has 1 aliphatic heterocycles. The van der Waals surface area contributed by atoms with Crippen LogP contribution in [-0.2, 0) is 9.53 Å². The van der Waals surface area contributed by atoms with Crippen LogP contribution >= 0.6 is 23.4 Å². The normalized spacial score (nSPS) is 20.4. The van der Waals surface area contributed by atoms with Crippen molar-refractivity contribution in [3.63, 3.8) is 0 Å². The highest BCUT2D eigenvalue weighted by Gasteiger charge is 2.37. The molecule has 34 heavy (non-hydrogen) atoms. The van der Waals surface area contributed by atoms with E-state index < -0.39 is 5.12 Å². The summed E-state index contributed by atoms with van der Waals surface area (Å²) in [6, 6.07) is 13.9. The Kier molecular flexibility index (Phi) is 7.97. The van der Waals surface area contributed by atoms with Crippen LogP contribution in [-0.4, -0.2) is 46.8 Å². The molecule has 1 aliphatic carbocycles. The van der Waals surface area contributed by atoms with Gasteiger partial charge in [-0.1, -0.05) is 29.4 Å². The lowest BCUT2D eigenvalue weighted by atomic mass is 9.90. The molecule has 2 fully saturated rings. The number of halogens is 1. The number of esters is 1. The Morgan fingerprint density at radius 1 is 1.24 bits per heavy atom. The topological polar surface area (TPSA) is 82.0 Å². The predicted octanol–water partition coefficient (Wildman–Crippen LogP) is 5.50. The molecule has 4 rings (SSSR count). The molecule has 2 aliphatic rings. The van der Waals surface area contributed by atoms with Crippen LogP contribution in [0, 0.1) is 5.92 Å². The number of nitrogens with one attached hydrogen (secondary N) is 1. The second kappa shape index (κ2) is 10.8. The van der Waals surface area contributed by atoms with Gasteiger partial charge in [-0.15, -0.1) is 0 Å². The molecular formula is C26H33ClN2O4S. The first kappa shape index (κ1) is 25.2. The Bertz CT molecular complexity index is 997. The second-order valence-electron chi connectivity index (χ2n) is 9.16. The van der Waals surface area contributed by atoms with Crippen molar-refractivity contribution in [1.82, 2.24) is 0 Å². The van der Waals surface area contributed by atoms with Gasteiger partial charge >= 0.3 is 5.97 Å². The molecule has 2 atom stereocenters. The molecule has 6 nitrogen and oxygen atoms in total. The SMILES string of the molecule is CCN(c1ccc(C(CC(=O)OC)C2CC2)cc1Nc1ccc(Cl)cc1)C1CCSC(O)(O)C1. The van der Waals surface area contributed by atoms with E-state index >= 15 is 0 Å². The number of anilines is 3. The number of carbonyl (C=O) groups excluding carboxylic acids is 1. The predicted molar refractivity (Wildman–Crippen MR) is 139 cm³/mol. The molecule has 0 spiro atoms. The molecule has 0 aromatic heterocycles. The van der Waals surface area contributed by atoms with Crippen molar-refractivity contribution in [2.24, 2.45) is 5.92 Å². The van der Waals surface area contributed by atoms with Crippen LogP contribution in [0.15, 0.2) is 42.5 Å². The number of hydrogen-bond donors (Lipinski definition) is 3. The van der Waals surface area contributed by atoms with Gasteiger partial charge in [-0.05, 0) is 80.0 Å². The smallest absolute Gasteiger partial charge is 0.306 e. The lowest BCUT2D eigenvalue weighted by Gasteiger charge is -2.40. The first-order valence-electron chi connectivity index (χ1n) is 11.9. The molecule has 2 unspecified atom stereocenters. The third-order valence-corrected chi connectivity index (χ3v) is 8.07. The van der Waals surface area contributed by atoms with Crippen molar-refractivity contribution in [3.8, 4) is 0 Å². The molecule has 0 radical (unpaired) electrons. The minimum Gasteiger partial charge on any atom is -0.469 e. The maximum absolute atomic E-state index is 12.1. The third kappa shape index (κ3) is 6.19. The standard InChI is InChI=1S/C26H33ClN2O4S/c1-3-29(21-12-13-34-26(31,32)16-21)24-11-6-18(22(17-4-5-17)15-25(30)33-2)14-23(24)28-20-9-7-19(27)8-10-20/h6-11,14,17,21-22,28,31-32H,3-5,12-13,15-16H2,1-2H3. The van der Waals surface area contributed by atoms with Gasteiger partial charge in [-0.25, -0.2) is 0 Å². The highest BCUT2D eigenvalue weighted by Crippen LogP contribution is 2.47. The molecule has 1 heterocycles. The van der Waals surface area contributed by atoms with Gasteiger partial charge in [-0.2, -0.15) is 0 Å². The lowest BCUT2D eigenvalue weighted by molar-refractivity contribution is -0.141. The van der Waals surface area contributed by atoms with Crippen LogP contribution in [0.25, 0.3) is 0 Å². The van der Waals surface area contributed by atoms with E-state index in [1.165, 1.54) is 18.9 Å². The Morgan fingerprint density at radius 2 is 1.97 bits per heavy atom. The monoisotopic (exact) mass is 504 g/mol. The first-order chi connectivity index (χ1) is 16.3. The molecule has 0 amide bonds. The van der Waals surface area contributed by atoms with Crippen molar-refractivity contribution in [2.45, 2.75) is 56.1 Å². The summed E-state index contributed by atoms with van der Waals surface area (Å²) in [5.41, 5.74) is 3.95. The van der Waals surface area contributed by atoms with Crippen LogP contribution in [0.5, 0.6) is 0 Å². The quantitative estimate of drug-likeness (QED) is 0.307. The van der Waals surface area contributed by atoms with Gasteiger partial charge in [-0.3, -0.25) is 4.79 Å². The van der Waals surface area contributed by atoms with Gasteiger partial charge in [0, 0.05) is 35.5 Å². The summed E-state index contributed by atoms with van der Waals surface area (Å²) in [5, 5.41) is 23.1. The molecular weight excluding hydrogens is 472 g/mol. The van der Waals surface area contributed by atoms with Crippen molar-refractivity contribution >= 4 is 46.4 Å². The second-order valence-corrected chi connectivity index (χ2v) is 10.9. The molecule has 2 aromatic rings. The fourth-order valence-electron chi connectivity index (χ4n) is 4.86. The summed E-state index contributed by atoms with van der Waals surface area (Å²) < 4.78 is 4.97. The number of ether oxygens (including phenoxy) is 1. The van der Waals surface area contributed by atoms with E-state index in [2.05, 4.69) is 35.3 Å². The number of methoxy groups -OCH3 is 1. The number of hydrogen-bond acceptors (Lipinski definition) is 7. The van der Waals surface area contributed by atoms with E-state index in [-0.39, 0.29) is 24.3 Å². The van der Waals surface area contributed by atoms with E-state index in [9.17, 15) is 15.0 Å². The van der Waals surface area contributed by atoms with Crippen LogP contribution in [0.2, 0.25) is 5.02 Å². The summed E-state index contributed by atoms with van der Waals surface area (Å²) in [7, 11) is 1.44. The highest BCUT2D eigenvalue weighted by atomic mass is 35.5. The van der Waals surface area contributed by atoms with E-state index in [1.807, 2.05) is 24.3 Å². The van der Waals surface area contributed by atoms with Crippen LogP contribution < -0.4 is 10.2 Å². The average Bonchev–Trinajstić information content (AvgIpc) is 3.65. The third-order valence-electron chi connectivity index (χ3n) is 6.75. The van der Waals surface area contributed by atoms with Crippen molar-refractivity contribution in [1.29, 1.82) is 0 Å². The molecule has 1 saturated carbocycles. The van der Waals surface area contributed by atoms with Gasteiger partial charge in [0.15, 0.2) is 0 Å². The molecule has 8 heteroatoms. The van der Waals surface area contributed by atoms with Crippen molar-refractivity contribution in [3.05, 3.63) is 53.1 Å². The van der Waals surface area contributed by atoms with Gasteiger partial charge in [0.2, 0.25) is 5.12 Å². The van der Waals surface area contributed by atoms with Gasteiger partial charge in [0.05, 0.1) is 24.9 Å². The van der Waals surface area contributed by atoms with Crippen LogP contribution in [0.1, 0.15) is 50.5 Å². The Balaban J connectivity index is 1.70. The van der Waals surface area contributed by atoms with E-state index in [0.29, 0.717) is 23.1 Å². The zero-order valence-corrected chi connectivity index (χ0v) is 21.2. The van der Waals surface area contributed by atoms with Crippen molar-refractivity contribution < 1.29 is 19.7 Å². The Labute approximate surface area is 210 Å². The summed E-state index contributed by atoms with van der Waals surface area (Å²) in [6.07, 6.45) is 3.77. The number of benzene rings is 2. The largest absolute Gasteiger partial charge is 0.469 e. The molecule has 3 N–H and O–H groups in total. The lowest BCUT2D eigenvalue weighted by Crippen LogP contribution is -2.45. The maximum Gasteiger partial charge on any atom is 0.306 e. The minimum atomic E-state index is -1.71. The summed E-state index contributed by atoms with van der Waals surface area (Å²) in [6.45, 7) is 2.82. The van der Waals surface area contributed by atoms with E-state index in [0.717, 1.165) is 48.4 Å². The summed E-state index contributed by atoms with van der Waals surface area (Å²) in [5.74, 6) is 1.12. The number of aliphatic hydroxyl groups is 2. The number of rotatable bonds is 9. The van der Waals surface area contributed by atoms with Gasteiger partial charge in [0.1, 0.15) is 0 Å². The van der Waals surface area contributed by atoms with Crippen molar-refractivity contribution in [2.75, 3.05) is 29.6 Å². The Morgan fingerprint density at radius 3 is 2.59 bits per heavy atom. The number of nitrogens with zero attached hydrogens (tertiary/aromatic N) is 1.